The van der Waals surface area contributed by atoms with E-state index in [1.54, 1.807) is 7.05 Å². The van der Waals surface area contributed by atoms with E-state index in [9.17, 15) is 9.18 Å². The number of nitrogens with one attached hydrogen (secondary N) is 1. The summed E-state index contributed by atoms with van der Waals surface area (Å²) in [5.41, 5.74) is 1.39. The molecule has 0 aromatic heterocycles. The average Bonchev–Trinajstić information content (AvgIpc) is 2.62. The highest BCUT2D eigenvalue weighted by atomic mass is 19.1. The van der Waals surface area contributed by atoms with Crippen molar-refractivity contribution >= 4 is 5.97 Å². The number of hydrogen-bond donors (Lipinski definition) is 2. The Morgan fingerprint density at radius 1 is 1.60 bits per heavy atom. The Balaban J connectivity index is 2.59. The van der Waals surface area contributed by atoms with E-state index >= 15 is 0 Å². The van der Waals surface area contributed by atoms with Gasteiger partial charge in [0.05, 0.1) is 5.56 Å². The SMILES string of the molecule is CN[C@H]1CCc2c(C(=O)O)ccc(F)c21. The molecule has 0 heterocycles. The molecule has 0 unspecified atom stereocenters. The van der Waals surface area contributed by atoms with Crippen molar-refractivity contribution in [2.45, 2.75) is 18.9 Å². The molecule has 3 nitrogen and oxygen atoms in total. The number of hydrogen-bond acceptors (Lipinski definition) is 2. The van der Waals surface area contributed by atoms with Crippen molar-refractivity contribution in [2.75, 3.05) is 7.05 Å². The highest BCUT2D eigenvalue weighted by Gasteiger charge is 2.28. The minimum absolute atomic E-state index is 0.0562. The molecule has 1 aromatic rings. The normalized spacial score (nSPS) is 18.9. The lowest BCUT2D eigenvalue weighted by atomic mass is 10.0. The summed E-state index contributed by atoms with van der Waals surface area (Å²) in [6.45, 7) is 0. The fraction of sp³-hybridized carbons (Fsp3) is 0.364. The molecule has 1 aliphatic rings. The summed E-state index contributed by atoms with van der Waals surface area (Å²) in [6.07, 6.45) is 1.38. The Labute approximate surface area is 86.9 Å². The molecule has 1 atom stereocenters. The van der Waals surface area contributed by atoms with Crippen LogP contribution in [0.1, 0.15) is 33.9 Å². The topological polar surface area (TPSA) is 49.3 Å². The summed E-state index contributed by atoms with van der Waals surface area (Å²) >= 11 is 0. The summed E-state index contributed by atoms with van der Waals surface area (Å²) in [5, 5.41) is 12.0. The number of aromatic carboxylic acids is 1. The third kappa shape index (κ3) is 1.51. The predicted molar refractivity (Wildman–Crippen MR) is 53.5 cm³/mol. The first kappa shape index (κ1) is 10.1. The summed E-state index contributed by atoms with van der Waals surface area (Å²) in [6, 6.07) is 2.52. The van der Waals surface area contributed by atoms with Crippen LogP contribution in [0.2, 0.25) is 0 Å². The van der Waals surface area contributed by atoms with Crippen LogP contribution in [0, 0.1) is 5.82 Å². The average molecular weight is 209 g/mol. The lowest BCUT2D eigenvalue weighted by Gasteiger charge is -2.11. The Morgan fingerprint density at radius 3 is 2.93 bits per heavy atom. The molecular formula is C11H12FNO2. The number of carboxylic acid groups (broad SMARTS) is 1. The lowest BCUT2D eigenvalue weighted by Crippen LogP contribution is -2.14. The molecule has 0 spiro atoms. The van der Waals surface area contributed by atoms with Crippen LogP contribution >= 0.6 is 0 Å². The van der Waals surface area contributed by atoms with Crippen molar-refractivity contribution in [1.29, 1.82) is 0 Å². The van der Waals surface area contributed by atoms with E-state index in [2.05, 4.69) is 5.32 Å². The van der Waals surface area contributed by atoms with Gasteiger partial charge < -0.3 is 10.4 Å². The molecule has 1 aromatic carbocycles. The van der Waals surface area contributed by atoms with Crippen molar-refractivity contribution in [3.63, 3.8) is 0 Å². The van der Waals surface area contributed by atoms with Crippen LogP contribution in [0.25, 0.3) is 0 Å². The number of fused-ring (bicyclic) bond motifs is 1. The maximum Gasteiger partial charge on any atom is 0.335 e. The molecule has 2 N–H and O–H groups in total. The maximum absolute atomic E-state index is 13.5. The minimum atomic E-state index is -0.983. The number of carboxylic acids is 1. The fourth-order valence-corrected chi connectivity index (χ4v) is 2.20. The second kappa shape index (κ2) is 3.62. The molecular weight excluding hydrogens is 197 g/mol. The summed E-state index contributed by atoms with van der Waals surface area (Å²) in [4.78, 5) is 10.9. The van der Waals surface area contributed by atoms with Crippen LogP contribution in [0.3, 0.4) is 0 Å². The third-order valence-electron chi connectivity index (χ3n) is 2.91. The van der Waals surface area contributed by atoms with Crippen molar-refractivity contribution in [3.8, 4) is 0 Å². The predicted octanol–water partition coefficient (Wildman–Crippen LogP) is 1.73. The van der Waals surface area contributed by atoms with Gasteiger partial charge in [0.1, 0.15) is 5.82 Å². The molecule has 15 heavy (non-hydrogen) atoms. The monoisotopic (exact) mass is 209 g/mol. The van der Waals surface area contributed by atoms with Gasteiger partial charge >= 0.3 is 5.97 Å². The molecule has 0 aliphatic heterocycles. The zero-order valence-electron chi connectivity index (χ0n) is 8.38. The van der Waals surface area contributed by atoms with Gasteiger partial charge in [-0.15, -0.1) is 0 Å². The smallest absolute Gasteiger partial charge is 0.335 e. The van der Waals surface area contributed by atoms with Crippen molar-refractivity contribution in [1.82, 2.24) is 5.32 Å². The summed E-state index contributed by atoms with van der Waals surface area (Å²) < 4.78 is 13.5. The van der Waals surface area contributed by atoms with Gasteiger partial charge in [-0.05, 0) is 37.6 Å². The van der Waals surface area contributed by atoms with Gasteiger partial charge in [-0.1, -0.05) is 0 Å². The Morgan fingerprint density at radius 2 is 2.33 bits per heavy atom. The molecule has 4 heteroatoms. The van der Waals surface area contributed by atoms with Crippen LogP contribution in [0.15, 0.2) is 12.1 Å². The van der Waals surface area contributed by atoms with E-state index in [1.807, 2.05) is 0 Å². The van der Waals surface area contributed by atoms with Crippen molar-refractivity contribution in [2.24, 2.45) is 0 Å². The highest BCUT2D eigenvalue weighted by Crippen LogP contribution is 2.35. The number of benzene rings is 1. The van der Waals surface area contributed by atoms with Crippen LogP contribution in [0.4, 0.5) is 4.39 Å². The first-order chi connectivity index (χ1) is 7.15. The van der Waals surface area contributed by atoms with Gasteiger partial charge in [-0.2, -0.15) is 0 Å². The first-order valence-corrected chi connectivity index (χ1v) is 4.87. The second-order valence-electron chi connectivity index (χ2n) is 3.67. The second-order valence-corrected chi connectivity index (χ2v) is 3.67. The molecule has 1 aliphatic carbocycles. The quantitative estimate of drug-likeness (QED) is 0.779. The molecule has 0 amide bonds. The van der Waals surface area contributed by atoms with E-state index in [-0.39, 0.29) is 17.4 Å². The molecule has 80 valence electrons. The Hall–Kier alpha value is -1.42. The third-order valence-corrected chi connectivity index (χ3v) is 2.91. The minimum Gasteiger partial charge on any atom is -0.478 e. The van der Waals surface area contributed by atoms with Crippen LogP contribution < -0.4 is 5.32 Å². The molecule has 2 rings (SSSR count). The van der Waals surface area contributed by atoms with E-state index in [0.717, 1.165) is 6.42 Å². The maximum atomic E-state index is 13.5. The van der Waals surface area contributed by atoms with E-state index in [4.69, 9.17) is 5.11 Å². The van der Waals surface area contributed by atoms with Gasteiger partial charge in [-0.25, -0.2) is 9.18 Å². The number of halogens is 1. The van der Waals surface area contributed by atoms with Crippen LogP contribution in [-0.2, 0) is 6.42 Å². The highest BCUT2D eigenvalue weighted by molar-refractivity contribution is 5.90. The van der Waals surface area contributed by atoms with Gasteiger partial charge in [-0.3, -0.25) is 0 Å². The standard InChI is InChI=1S/C11H12FNO2/c1-13-9-5-3-6-7(11(14)15)2-4-8(12)10(6)9/h2,4,9,13H,3,5H2,1H3,(H,14,15)/t9-/m0/s1. The van der Waals surface area contributed by atoms with Crippen LogP contribution in [-0.4, -0.2) is 18.1 Å². The zero-order valence-corrected chi connectivity index (χ0v) is 8.38. The molecule has 0 saturated carbocycles. The first-order valence-electron chi connectivity index (χ1n) is 4.87. The number of carbonyl (C=O) groups is 1. The van der Waals surface area contributed by atoms with E-state index in [1.165, 1.54) is 12.1 Å². The van der Waals surface area contributed by atoms with Gasteiger partial charge in [0, 0.05) is 11.6 Å². The lowest BCUT2D eigenvalue weighted by molar-refractivity contribution is 0.0695. The Kier molecular flexibility index (Phi) is 2.44. The molecule has 0 radical (unpaired) electrons. The largest absolute Gasteiger partial charge is 0.478 e. The van der Waals surface area contributed by atoms with Gasteiger partial charge in [0.15, 0.2) is 0 Å². The van der Waals surface area contributed by atoms with Crippen molar-refractivity contribution < 1.29 is 14.3 Å². The van der Waals surface area contributed by atoms with Crippen LogP contribution in [0.5, 0.6) is 0 Å². The van der Waals surface area contributed by atoms with E-state index < -0.39 is 5.97 Å². The van der Waals surface area contributed by atoms with Crippen molar-refractivity contribution in [3.05, 3.63) is 34.6 Å². The molecule has 0 bridgehead atoms. The molecule has 0 saturated heterocycles. The van der Waals surface area contributed by atoms with Gasteiger partial charge in [0.2, 0.25) is 0 Å². The fourth-order valence-electron chi connectivity index (χ4n) is 2.20. The Bertz CT molecular complexity index is 417. The van der Waals surface area contributed by atoms with E-state index in [0.29, 0.717) is 17.5 Å². The molecule has 0 fully saturated rings. The summed E-state index contributed by atoms with van der Waals surface area (Å²) in [5.74, 6) is -1.30. The summed E-state index contributed by atoms with van der Waals surface area (Å²) in [7, 11) is 1.76. The van der Waals surface area contributed by atoms with Gasteiger partial charge in [0.25, 0.3) is 0 Å². The number of rotatable bonds is 2. The zero-order chi connectivity index (χ0) is 11.0.